The molecule has 1 aliphatic carbocycles. The lowest BCUT2D eigenvalue weighted by Crippen LogP contribution is -2.42. The van der Waals surface area contributed by atoms with Crippen molar-refractivity contribution in [2.24, 2.45) is 5.92 Å². The van der Waals surface area contributed by atoms with Crippen LogP contribution >= 0.6 is 0 Å². The number of carbonyl (C=O) groups excluding carboxylic acids is 1. The molecule has 0 saturated heterocycles. The van der Waals surface area contributed by atoms with Gasteiger partial charge in [-0.25, -0.2) is 0 Å². The predicted octanol–water partition coefficient (Wildman–Crippen LogP) is 1.97. The van der Waals surface area contributed by atoms with Crippen LogP contribution in [-0.2, 0) is 9.53 Å². The predicted molar refractivity (Wildman–Crippen MR) is 88.6 cm³/mol. The number of nitrogens with one attached hydrogen (secondary N) is 1. The molecule has 0 heterocycles. The van der Waals surface area contributed by atoms with E-state index in [1.54, 1.807) is 7.11 Å². The standard InChI is InChI=1S/C18H27NO4/c1-12-4-5-13(2)16(10-12)23-9-8-19-18(21)14-6-7-15(20)17(11-14)22-3/h4-5,10,14-15,17,20H,6-9,11H2,1-3H3,(H,19,21)/t14-,15+,17-/m1/s1. The highest BCUT2D eigenvalue weighted by Gasteiger charge is 2.32. The number of methoxy groups -OCH3 is 1. The summed E-state index contributed by atoms with van der Waals surface area (Å²) in [5, 5.41) is 12.7. The fraction of sp³-hybridized carbons (Fsp3) is 0.611. The van der Waals surface area contributed by atoms with Gasteiger partial charge in [-0.15, -0.1) is 0 Å². The number of amides is 1. The minimum atomic E-state index is -0.461. The van der Waals surface area contributed by atoms with Gasteiger partial charge >= 0.3 is 0 Å². The topological polar surface area (TPSA) is 67.8 Å². The smallest absolute Gasteiger partial charge is 0.223 e. The van der Waals surface area contributed by atoms with Gasteiger partial charge < -0.3 is 19.9 Å². The molecule has 0 aliphatic heterocycles. The highest BCUT2D eigenvalue weighted by molar-refractivity contribution is 5.78. The molecule has 0 radical (unpaired) electrons. The molecule has 1 aliphatic rings. The molecule has 0 aromatic heterocycles. The van der Waals surface area contributed by atoms with Crippen molar-refractivity contribution in [2.75, 3.05) is 20.3 Å². The Morgan fingerprint density at radius 3 is 2.87 bits per heavy atom. The van der Waals surface area contributed by atoms with Crippen LogP contribution in [0.15, 0.2) is 18.2 Å². The molecule has 1 amide bonds. The Balaban J connectivity index is 1.73. The van der Waals surface area contributed by atoms with Crippen molar-refractivity contribution in [2.45, 2.75) is 45.3 Å². The molecule has 1 saturated carbocycles. The van der Waals surface area contributed by atoms with Crippen molar-refractivity contribution in [3.63, 3.8) is 0 Å². The van der Waals surface area contributed by atoms with Gasteiger partial charge in [0.15, 0.2) is 0 Å². The number of aryl methyl sites for hydroxylation is 2. The van der Waals surface area contributed by atoms with Gasteiger partial charge in [-0.05, 0) is 50.3 Å². The first kappa shape index (κ1) is 17.8. The van der Waals surface area contributed by atoms with E-state index in [4.69, 9.17) is 9.47 Å². The SMILES string of the molecule is CO[C@@H]1C[C@H](C(=O)NCCOc2cc(C)ccc2C)CC[C@@H]1O. The van der Waals surface area contributed by atoms with Crippen molar-refractivity contribution >= 4 is 5.91 Å². The van der Waals surface area contributed by atoms with E-state index in [1.165, 1.54) is 0 Å². The summed E-state index contributed by atoms with van der Waals surface area (Å²) in [5.41, 5.74) is 2.24. The lowest BCUT2D eigenvalue weighted by Gasteiger charge is -2.31. The van der Waals surface area contributed by atoms with Crippen LogP contribution in [-0.4, -0.2) is 43.5 Å². The highest BCUT2D eigenvalue weighted by atomic mass is 16.5. The van der Waals surface area contributed by atoms with Crippen LogP contribution in [0.5, 0.6) is 5.75 Å². The first-order valence-corrected chi connectivity index (χ1v) is 8.20. The van der Waals surface area contributed by atoms with Gasteiger partial charge in [-0.2, -0.15) is 0 Å². The van der Waals surface area contributed by atoms with E-state index in [2.05, 4.69) is 5.32 Å². The molecule has 1 aromatic carbocycles. The monoisotopic (exact) mass is 321 g/mol. The van der Waals surface area contributed by atoms with Gasteiger partial charge in [0, 0.05) is 13.0 Å². The molecular weight excluding hydrogens is 294 g/mol. The molecule has 128 valence electrons. The molecule has 3 atom stereocenters. The van der Waals surface area contributed by atoms with Gasteiger partial charge in [0.1, 0.15) is 12.4 Å². The van der Waals surface area contributed by atoms with Gasteiger partial charge in [-0.3, -0.25) is 4.79 Å². The molecule has 23 heavy (non-hydrogen) atoms. The Kier molecular flexibility index (Phi) is 6.42. The second-order valence-corrected chi connectivity index (χ2v) is 6.26. The number of aliphatic hydroxyl groups excluding tert-OH is 1. The maximum Gasteiger partial charge on any atom is 0.223 e. The number of carbonyl (C=O) groups is 1. The third kappa shape index (κ3) is 4.94. The summed E-state index contributed by atoms with van der Waals surface area (Å²) in [7, 11) is 1.58. The zero-order valence-corrected chi connectivity index (χ0v) is 14.2. The van der Waals surface area contributed by atoms with Crippen molar-refractivity contribution in [1.29, 1.82) is 0 Å². The van der Waals surface area contributed by atoms with Crippen LogP contribution in [0, 0.1) is 19.8 Å². The van der Waals surface area contributed by atoms with Crippen LogP contribution in [0.4, 0.5) is 0 Å². The summed E-state index contributed by atoms with van der Waals surface area (Å²) < 4.78 is 11.0. The summed E-state index contributed by atoms with van der Waals surface area (Å²) in [6.45, 7) is 4.95. The molecule has 5 heteroatoms. The van der Waals surface area contributed by atoms with Gasteiger partial charge in [0.25, 0.3) is 0 Å². The van der Waals surface area contributed by atoms with Gasteiger partial charge in [-0.1, -0.05) is 12.1 Å². The summed E-state index contributed by atoms with van der Waals surface area (Å²) in [6.07, 6.45) is 1.17. The zero-order valence-electron chi connectivity index (χ0n) is 14.2. The Labute approximate surface area is 138 Å². The lowest BCUT2D eigenvalue weighted by molar-refractivity contribution is -0.130. The van der Waals surface area contributed by atoms with E-state index < -0.39 is 6.10 Å². The highest BCUT2D eigenvalue weighted by Crippen LogP contribution is 2.26. The fourth-order valence-corrected chi connectivity index (χ4v) is 2.95. The Hall–Kier alpha value is -1.59. The van der Waals surface area contributed by atoms with Crippen molar-refractivity contribution in [1.82, 2.24) is 5.32 Å². The molecular formula is C18H27NO4. The van der Waals surface area contributed by atoms with E-state index in [-0.39, 0.29) is 17.9 Å². The first-order chi connectivity index (χ1) is 11.0. The first-order valence-electron chi connectivity index (χ1n) is 8.20. The van der Waals surface area contributed by atoms with Crippen LogP contribution in [0.2, 0.25) is 0 Å². The number of benzene rings is 1. The van der Waals surface area contributed by atoms with Crippen molar-refractivity contribution in [3.8, 4) is 5.75 Å². The number of hydrogen-bond donors (Lipinski definition) is 2. The van der Waals surface area contributed by atoms with E-state index in [9.17, 15) is 9.90 Å². The summed E-state index contributed by atoms with van der Waals surface area (Å²) >= 11 is 0. The molecule has 1 aromatic rings. The molecule has 0 bridgehead atoms. The van der Waals surface area contributed by atoms with Crippen LogP contribution in [0.3, 0.4) is 0 Å². The Bertz CT molecular complexity index is 532. The minimum Gasteiger partial charge on any atom is -0.491 e. The lowest BCUT2D eigenvalue weighted by atomic mass is 9.84. The molecule has 5 nitrogen and oxygen atoms in total. The van der Waals surface area contributed by atoms with Gasteiger partial charge in [0.2, 0.25) is 5.91 Å². The molecule has 1 fully saturated rings. The van der Waals surface area contributed by atoms with Crippen LogP contribution in [0.1, 0.15) is 30.4 Å². The molecule has 0 spiro atoms. The summed E-state index contributed by atoms with van der Waals surface area (Å²) in [6, 6.07) is 6.08. The number of rotatable bonds is 6. The Morgan fingerprint density at radius 1 is 1.35 bits per heavy atom. The molecule has 0 unspecified atom stereocenters. The maximum absolute atomic E-state index is 12.2. The summed E-state index contributed by atoms with van der Waals surface area (Å²) in [5.74, 6) is 0.784. The fourth-order valence-electron chi connectivity index (χ4n) is 2.95. The van der Waals surface area contributed by atoms with E-state index in [1.807, 2.05) is 32.0 Å². The number of hydrogen-bond acceptors (Lipinski definition) is 4. The second kappa shape index (κ2) is 8.31. The van der Waals surface area contributed by atoms with Crippen LogP contribution in [0.25, 0.3) is 0 Å². The zero-order chi connectivity index (χ0) is 16.8. The third-order valence-electron chi connectivity index (χ3n) is 4.43. The maximum atomic E-state index is 12.2. The number of ether oxygens (including phenoxy) is 2. The third-order valence-corrected chi connectivity index (χ3v) is 4.43. The van der Waals surface area contributed by atoms with Crippen LogP contribution < -0.4 is 10.1 Å². The number of aliphatic hydroxyl groups is 1. The quantitative estimate of drug-likeness (QED) is 0.786. The Morgan fingerprint density at radius 2 is 2.13 bits per heavy atom. The second-order valence-electron chi connectivity index (χ2n) is 6.26. The van der Waals surface area contributed by atoms with Crippen molar-refractivity contribution in [3.05, 3.63) is 29.3 Å². The minimum absolute atomic E-state index is 0.0171. The van der Waals surface area contributed by atoms with Crippen molar-refractivity contribution < 1.29 is 19.4 Å². The average molecular weight is 321 g/mol. The molecule has 2 N–H and O–H groups in total. The largest absolute Gasteiger partial charge is 0.491 e. The normalized spacial score (nSPS) is 24.3. The van der Waals surface area contributed by atoms with E-state index in [0.29, 0.717) is 32.4 Å². The van der Waals surface area contributed by atoms with E-state index in [0.717, 1.165) is 16.9 Å². The van der Waals surface area contributed by atoms with E-state index >= 15 is 0 Å². The molecule has 2 rings (SSSR count). The summed E-state index contributed by atoms with van der Waals surface area (Å²) in [4.78, 5) is 12.2. The average Bonchev–Trinajstić information content (AvgIpc) is 2.54. The van der Waals surface area contributed by atoms with Gasteiger partial charge in [0.05, 0.1) is 18.8 Å².